The van der Waals surface area contributed by atoms with Crippen molar-refractivity contribution < 1.29 is 14.0 Å². The minimum Gasteiger partial charge on any atom is -0.347 e. The number of rotatable bonds is 5. The average Bonchev–Trinajstić information content (AvgIpc) is 3.28. The number of nitrogens with two attached hydrogens (primary N) is 1. The zero-order valence-electron chi connectivity index (χ0n) is 19.3. The van der Waals surface area contributed by atoms with E-state index in [2.05, 4.69) is 27.3 Å². The van der Waals surface area contributed by atoms with Crippen LogP contribution in [0.5, 0.6) is 0 Å². The molecule has 0 radical (unpaired) electrons. The number of benzene rings is 1. The summed E-state index contributed by atoms with van der Waals surface area (Å²) in [5.41, 5.74) is 7.32. The standard InChI is InChI=1S/C16H14FN5O2.C8H17N/c1-9-5-11(3-4-12(9)17)7-18-15(24)13-6-14(10(2)23)22-16(21-13)19-8-20-22;1-7(9)8-5-3-2-4-6-8/h3-6,8H,7H2,1-2H3,(H,18,24);7-8H,2-6,9H2,1H3/t;7-/m.0/s1. The number of hydrogen-bond acceptors (Lipinski definition) is 6. The third-order valence-corrected chi connectivity index (χ3v) is 5.91. The lowest BCUT2D eigenvalue weighted by Gasteiger charge is -2.24. The molecular formula is C24H31FN6O2. The first-order chi connectivity index (χ1) is 15.8. The topological polar surface area (TPSA) is 115 Å². The van der Waals surface area contributed by atoms with Crippen molar-refractivity contribution in [2.24, 2.45) is 11.7 Å². The number of carbonyl (C=O) groups excluding carboxylic acids is 2. The highest BCUT2D eigenvalue weighted by Crippen LogP contribution is 2.25. The third kappa shape index (κ3) is 6.41. The van der Waals surface area contributed by atoms with Crippen LogP contribution < -0.4 is 11.1 Å². The van der Waals surface area contributed by atoms with Gasteiger partial charge in [0.1, 0.15) is 23.5 Å². The lowest BCUT2D eigenvalue weighted by molar-refractivity contribution is 0.0946. The van der Waals surface area contributed by atoms with Crippen molar-refractivity contribution in [3.8, 4) is 0 Å². The molecule has 1 amide bonds. The van der Waals surface area contributed by atoms with E-state index in [9.17, 15) is 14.0 Å². The fourth-order valence-corrected chi connectivity index (χ4v) is 3.93. The summed E-state index contributed by atoms with van der Waals surface area (Å²) < 4.78 is 14.5. The van der Waals surface area contributed by atoms with Gasteiger partial charge in [-0.2, -0.15) is 14.6 Å². The molecule has 0 bridgehead atoms. The van der Waals surface area contributed by atoms with Crippen LogP contribution in [0.1, 0.15) is 78.1 Å². The van der Waals surface area contributed by atoms with Crippen LogP contribution in [-0.2, 0) is 6.54 Å². The molecule has 8 nitrogen and oxygen atoms in total. The Morgan fingerprint density at radius 1 is 1.24 bits per heavy atom. The number of aromatic nitrogens is 4. The molecule has 0 saturated heterocycles. The number of hydrogen-bond donors (Lipinski definition) is 2. The van der Waals surface area contributed by atoms with Gasteiger partial charge in [0.25, 0.3) is 11.7 Å². The van der Waals surface area contributed by atoms with Crippen LogP contribution in [0.25, 0.3) is 5.78 Å². The molecule has 1 fully saturated rings. The molecule has 2 aromatic heterocycles. The minimum atomic E-state index is -0.454. The van der Waals surface area contributed by atoms with Crippen molar-refractivity contribution in [3.05, 3.63) is 58.9 Å². The predicted octanol–water partition coefficient (Wildman–Crippen LogP) is 3.62. The van der Waals surface area contributed by atoms with Crippen molar-refractivity contribution in [2.45, 2.75) is 65.5 Å². The average molecular weight is 455 g/mol. The molecule has 1 aromatic carbocycles. The van der Waals surface area contributed by atoms with Gasteiger partial charge in [-0.25, -0.2) is 9.37 Å². The highest BCUT2D eigenvalue weighted by Gasteiger charge is 2.17. The molecule has 0 aliphatic heterocycles. The summed E-state index contributed by atoms with van der Waals surface area (Å²) in [4.78, 5) is 32.0. The van der Waals surface area contributed by atoms with Gasteiger partial charge in [0.2, 0.25) is 0 Å². The molecule has 1 aliphatic rings. The number of halogens is 1. The van der Waals surface area contributed by atoms with Crippen molar-refractivity contribution in [2.75, 3.05) is 0 Å². The molecule has 0 unspecified atom stereocenters. The smallest absolute Gasteiger partial charge is 0.270 e. The molecule has 4 rings (SSSR count). The Hall–Kier alpha value is -3.20. The largest absolute Gasteiger partial charge is 0.347 e. The highest BCUT2D eigenvalue weighted by atomic mass is 19.1. The van der Waals surface area contributed by atoms with E-state index in [0.717, 1.165) is 11.5 Å². The Bertz CT molecular complexity index is 1120. The van der Waals surface area contributed by atoms with E-state index >= 15 is 0 Å². The summed E-state index contributed by atoms with van der Waals surface area (Å²) in [6.45, 7) is 5.38. The Balaban J connectivity index is 0.000000286. The van der Waals surface area contributed by atoms with Crippen LogP contribution in [0.4, 0.5) is 4.39 Å². The van der Waals surface area contributed by atoms with E-state index in [1.807, 2.05) is 0 Å². The lowest BCUT2D eigenvalue weighted by atomic mass is 9.85. The molecule has 9 heteroatoms. The summed E-state index contributed by atoms with van der Waals surface area (Å²) in [6.07, 6.45) is 8.26. The zero-order chi connectivity index (χ0) is 24.0. The van der Waals surface area contributed by atoms with Gasteiger partial charge in [-0.15, -0.1) is 0 Å². The van der Waals surface area contributed by atoms with Gasteiger partial charge < -0.3 is 11.1 Å². The monoisotopic (exact) mass is 454 g/mol. The Morgan fingerprint density at radius 2 is 1.97 bits per heavy atom. The van der Waals surface area contributed by atoms with Gasteiger partial charge in [0, 0.05) is 19.5 Å². The van der Waals surface area contributed by atoms with Crippen molar-refractivity contribution >= 4 is 17.5 Å². The Labute approximate surface area is 192 Å². The van der Waals surface area contributed by atoms with Crippen LogP contribution in [-0.4, -0.2) is 37.3 Å². The van der Waals surface area contributed by atoms with E-state index in [-0.39, 0.29) is 35.3 Å². The molecule has 1 atom stereocenters. The van der Waals surface area contributed by atoms with Crippen molar-refractivity contribution in [1.29, 1.82) is 0 Å². The number of nitrogens with zero attached hydrogens (tertiary/aromatic N) is 4. The SMILES string of the molecule is CC(=O)c1cc(C(=O)NCc2ccc(F)c(C)c2)nc2ncnn12.C[C@H](N)C1CCCCC1. The van der Waals surface area contributed by atoms with E-state index < -0.39 is 5.91 Å². The Kier molecular flexibility index (Phi) is 8.21. The molecule has 1 aliphatic carbocycles. The van der Waals surface area contributed by atoms with Crippen LogP contribution in [0, 0.1) is 18.7 Å². The number of nitrogens with one attached hydrogen (secondary N) is 1. The van der Waals surface area contributed by atoms with Gasteiger partial charge in [0.05, 0.1) is 0 Å². The molecule has 33 heavy (non-hydrogen) atoms. The number of aryl methyl sites for hydroxylation is 1. The summed E-state index contributed by atoms with van der Waals surface area (Å²) in [5.74, 6) is 0.000385. The van der Waals surface area contributed by atoms with Crippen molar-refractivity contribution in [1.82, 2.24) is 24.9 Å². The van der Waals surface area contributed by atoms with Crippen LogP contribution in [0.15, 0.2) is 30.6 Å². The van der Waals surface area contributed by atoms with E-state index in [4.69, 9.17) is 5.73 Å². The van der Waals surface area contributed by atoms with E-state index in [1.165, 1.54) is 62.0 Å². The minimum absolute atomic E-state index is 0.0690. The van der Waals surface area contributed by atoms with Gasteiger partial charge in [-0.05, 0) is 55.9 Å². The lowest BCUT2D eigenvalue weighted by Crippen LogP contribution is -2.27. The zero-order valence-corrected chi connectivity index (χ0v) is 19.3. The summed E-state index contributed by atoms with van der Waals surface area (Å²) >= 11 is 0. The van der Waals surface area contributed by atoms with Crippen molar-refractivity contribution in [3.63, 3.8) is 0 Å². The summed E-state index contributed by atoms with van der Waals surface area (Å²) in [5, 5.41) is 6.60. The maximum atomic E-state index is 13.3. The normalized spacial score (nSPS) is 14.9. The van der Waals surface area contributed by atoms with Gasteiger partial charge >= 0.3 is 0 Å². The second-order valence-corrected chi connectivity index (χ2v) is 8.58. The number of amides is 1. The number of carbonyl (C=O) groups is 2. The van der Waals surface area contributed by atoms with Gasteiger partial charge in [-0.1, -0.05) is 31.4 Å². The Morgan fingerprint density at radius 3 is 2.58 bits per heavy atom. The fraction of sp³-hybridized carbons (Fsp3) is 0.458. The molecule has 176 valence electrons. The molecule has 3 N–H and O–H groups in total. The van der Waals surface area contributed by atoms with Gasteiger partial charge in [-0.3, -0.25) is 9.59 Å². The number of Topliss-reactive ketones (excluding diaryl/α,β-unsaturated/α-hetero) is 1. The van der Waals surface area contributed by atoms with E-state index in [0.29, 0.717) is 11.6 Å². The third-order valence-electron chi connectivity index (χ3n) is 5.91. The van der Waals surface area contributed by atoms with Crippen LogP contribution in [0.3, 0.4) is 0 Å². The van der Waals surface area contributed by atoms with Gasteiger partial charge in [0.15, 0.2) is 5.78 Å². The quantitative estimate of drug-likeness (QED) is 0.569. The molecule has 2 heterocycles. The summed E-state index contributed by atoms with van der Waals surface area (Å²) in [6, 6.07) is 6.41. The second kappa shape index (κ2) is 11.1. The maximum Gasteiger partial charge on any atom is 0.270 e. The fourth-order valence-electron chi connectivity index (χ4n) is 3.93. The van der Waals surface area contributed by atoms with Crippen LogP contribution >= 0.6 is 0 Å². The number of fused-ring (bicyclic) bond motifs is 1. The first kappa shape index (κ1) is 24.4. The van der Waals surface area contributed by atoms with E-state index in [1.54, 1.807) is 19.1 Å². The highest BCUT2D eigenvalue weighted by molar-refractivity contribution is 5.98. The number of ketones is 1. The predicted molar refractivity (Wildman–Crippen MR) is 123 cm³/mol. The first-order valence-corrected chi connectivity index (χ1v) is 11.3. The van der Waals surface area contributed by atoms with Crippen LogP contribution in [0.2, 0.25) is 0 Å². The second-order valence-electron chi connectivity index (χ2n) is 8.58. The molecule has 3 aromatic rings. The molecule has 0 spiro atoms. The maximum absolute atomic E-state index is 13.3. The molecular weight excluding hydrogens is 423 g/mol. The molecule has 1 saturated carbocycles. The summed E-state index contributed by atoms with van der Waals surface area (Å²) in [7, 11) is 0. The first-order valence-electron chi connectivity index (χ1n) is 11.3.